The van der Waals surface area contributed by atoms with Gasteiger partial charge in [0.05, 0.1) is 5.02 Å². The first kappa shape index (κ1) is 16.0. The van der Waals surface area contributed by atoms with Crippen molar-refractivity contribution in [1.29, 1.82) is 0 Å². The number of benzene rings is 3. The molecule has 0 unspecified atom stereocenters. The number of ether oxygens (including phenoxy) is 1. The molecule has 3 rings (SSSR count). The zero-order valence-electron chi connectivity index (χ0n) is 12.5. The van der Waals surface area contributed by atoms with Crippen LogP contribution in [0, 0.1) is 5.82 Å². The molecular weight excluding hydrogens is 329 g/mol. The molecule has 1 N–H and O–H groups in total. The summed E-state index contributed by atoms with van der Waals surface area (Å²) in [4.78, 5) is 12.2. The fourth-order valence-corrected chi connectivity index (χ4v) is 2.26. The second kappa shape index (κ2) is 7.15. The molecule has 5 heteroatoms. The molecule has 0 aliphatic carbocycles. The smallest absolute Gasteiger partial charge is 0.255 e. The van der Waals surface area contributed by atoms with Crippen molar-refractivity contribution in [2.45, 2.75) is 0 Å². The fraction of sp³-hybridized carbons (Fsp3) is 0. The number of amides is 1. The van der Waals surface area contributed by atoms with Crippen LogP contribution >= 0.6 is 11.6 Å². The lowest BCUT2D eigenvalue weighted by Gasteiger charge is -2.08. The van der Waals surface area contributed by atoms with Gasteiger partial charge in [-0.25, -0.2) is 4.39 Å². The van der Waals surface area contributed by atoms with Crippen LogP contribution in [0.4, 0.5) is 10.1 Å². The van der Waals surface area contributed by atoms with E-state index in [1.807, 2.05) is 30.3 Å². The molecule has 0 bridgehead atoms. The van der Waals surface area contributed by atoms with Crippen LogP contribution in [0.2, 0.25) is 5.02 Å². The van der Waals surface area contributed by atoms with Gasteiger partial charge in [0.2, 0.25) is 0 Å². The van der Waals surface area contributed by atoms with Gasteiger partial charge in [0.1, 0.15) is 17.3 Å². The zero-order valence-corrected chi connectivity index (χ0v) is 13.3. The first-order valence-corrected chi connectivity index (χ1v) is 7.59. The van der Waals surface area contributed by atoms with Gasteiger partial charge in [0.15, 0.2) is 0 Å². The molecule has 0 spiro atoms. The summed E-state index contributed by atoms with van der Waals surface area (Å²) in [5.74, 6) is 0.499. The Bertz CT molecular complexity index is 851. The van der Waals surface area contributed by atoms with Gasteiger partial charge in [-0.3, -0.25) is 4.79 Å². The zero-order chi connectivity index (χ0) is 16.9. The van der Waals surface area contributed by atoms with E-state index in [9.17, 15) is 9.18 Å². The molecule has 0 aliphatic heterocycles. The minimum Gasteiger partial charge on any atom is -0.457 e. The summed E-state index contributed by atoms with van der Waals surface area (Å²) in [5.41, 5.74) is 0.881. The summed E-state index contributed by atoms with van der Waals surface area (Å²) in [7, 11) is 0. The molecular formula is C19H13ClFNO2. The summed E-state index contributed by atoms with van der Waals surface area (Å²) >= 11 is 5.70. The number of halogens is 2. The van der Waals surface area contributed by atoms with Crippen LogP contribution in [0.3, 0.4) is 0 Å². The molecule has 0 heterocycles. The van der Waals surface area contributed by atoms with Crippen LogP contribution < -0.4 is 10.1 Å². The standard InChI is InChI=1S/C19H13ClFNO2/c20-17-12-14(8-11-18(17)21)22-19(23)13-6-9-16(10-7-13)24-15-4-2-1-3-5-15/h1-12H,(H,22,23). The molecule has 1 amide bonds. The van der Waals surface area contributed by atoms with E-state index in [4.69, 9.17) is 16.3 Å². The van der Waals surface area contributed by atoms with Gasteiger partial charge >= 0.3 is 0 Å². The third kappa shape index (κ3) is 3.91. The molecule has 0 fully saturated rings. The summed E-state index contributed by atoms with van der Waals surface area (Å²) in [6.45, 7) is 0. The van der Waals surface area contributed by atoms with E-state index >= 15 is 0 Å². The van der Waals surface area contributed by atoms with Gasteiger partial charge < -0.3 is 10.1 Å². The van der Waals surface area contributed by atoms with Gasteiger partial charge in [-0.05, 0) is 54.6 Å². The van der Waals surface area contributed by atoms with Gasteiger partial charge in [-0.15, -0.1) is 0 Å². The van der Waals surface area contributed by atoms with E-state index in [-0.39, 0.29) is 10.9 Å². The van der Waals surface area contributed by atoms with Crippen molar-refractivity contribution >= 4 is 23.2 Å². The van der Waals surface area contributed by atoms with Gasteiger partial charge in [-0.2, -0.15) is 0 Å². The Morgan fingerprint density at radius 3 is 2.25 bits per heavy atom. The minimum absolute atomic E-state index is 0.0422. The first-order valence-electron chi connectivity index (χ1n) is 7.21. The average molecular weight is 342 g/mol. The molecule has 24 heavy (non-hydrogen) atoms. The minimum atomic E-state index is -0.530. The highest BCUT2D eigenvalue weighted by atomic mass is 35.5. The van der Waals surface area contributed by atoms with Crippen molar-refractivity contribution < 1.29 is 13.9 Å². The van der Waals surface area contributed by atoms with Crippen molar-refractivity contribution in [3.63, 3.8) is 0 Å². The fourth-order valence-electron chi connectivity index (χ4n) is 2.08. The summed E-state index contributed by atoms with van der Waals surface area (Å²) < 4.78 is 18.8. The Morgan fingerprint density at radius 1 is 0.917 bits per heavy atom. The Balaban J connectivity index is 1.68. The van der Waals surface area contributed by atoms with E-state index in [0.29, 0.717) is 17.0 Å². The monoisotopic (exact) mass is 341 g/mol. The van der Waals surface area contributed by atoms with E-state index in [1.165, 1.54) is 18.2 Å². The molecule has 0 atom stereocenters. The van der Waals surface area contributed by atoms with Crippen LogP contribution in [0.25, 0.3) is 0 Å². The van der Waals surface area contributed by atoms with E-state index in [1.54, 1.807) is 24.3 Å². The van der Waals surface area contributed by atoms with Crippen LogP contribution in [0.5, 0.6) is 11.5 Å². The highest BCUT2D eigenvalue weighted by Crippen LogP contribution is 2.22. The number of carbonyl (C=O) groups excluding carboxylic acids is 1. The number of anilines is 1. The number of hydrogen-bond acceptors (Lipinski definition) is 2. The Labute approximate surface area is 143 Å². The number of hydrogen-bond donors (Lipinski definition) is 1. The van der Waals surface area contributed by atoms with Crippen molar-refractivity contribution in [2.75, 3.05) is 5.32 Å². The van der Waals surface area contributed by atoms with E-state index in [2.05, 4.69) is 5.32 Å². The topological polar surface area (TPSA) is 38.3 Å². The predicted octanol–water partition coefficient (Wildman–Crippen LogP) is 5.52. The molecule has 3 nitrogen and oxygen atoms in total. The van der Waals surface area contributed by atoms with E-state index < -0.39 is 5.82 Å². The maximum atomic E-state index is 13.1. The average Bonchev–Trinajstić information content (AvgIpc) is 2.60. The quantitative estimate of drug-likeness (QED) is 0.678. The number of nitrogens with one attached hydrogen (secondary N) is 1. The van der Waals surface area contributed by atoms with E-state index in [0.717, 1.165) is 5.75 Å². The second-order valence-corrected chi connectivity index (χ2v) is 5.43. The molecule has 0 saturated heterocycles. The lowest BCUT2D eigenvalue weighted by Crippen LogP contribution is -2.11. The molecule has 0 aromatic heterocycles. The summed E-state index contributed by atoms with van der Waals surface area (Å²) in [6.07, 6.45) is 0. The van der Waals surface area contributed by atoms with Crippen molar-refractivity contribution in [1.82, 2.24) is 0 Å². The van der Waals surface area contributed by atoms with Gasteiger partial charge in [0.25, 0.3) is 5.91 Å². The Morgan fingerprint density at radius 2 is 1.58 bits per heavy atom. The normalized spacial score (nSPS) is 10.2. The lowest BCUT2D eigenvalue weighted by atomic mass is 10.2. The number of carbonyl (C=O) groups is 1. The second-order valence-electron chi connectivity index (χ2n) is 5.02. The van der Waals surface area contributed by atoms with Crippen LogP contribution in [0.15, 0.2) is 72.8 Å². The van der Waals surface area contributed by atoms with Crippen molar-refractivity contribution in [2.24, 2.45) is 0 Å². The summed E-state index contributed by atoms with van der Waals surface area (Å²) in [5, 5.41) is 2.62. The first-order chi connectivity index (χ1) is 11.6. The molecule has 0 saturated carbocycles. The van der Waals surface area contributed by atoms with Gasteiger partial charge in [-0.1, -0.05) is 29.8 Å². The van der Waals surface area contributed by atoms with Gasteiger partial charge in [0, 0.05) is 11.3 Å². The third-order valence-electron chi connectivity index (χ3n) is 3.27. The Hall–Kier alpha value is -2.85. The Kier molecular flexibility index (Phi) is 4.77. The highest BCUT2D eigenvalue weighted by molar-refractivity contribution is 6.31. The maximum absolute atomic E-state index is 13.1. The predicted molar refractivity (Wildman–Crippen MR) is 92.3 cm³/mol. The third-order valence-corrected chi connectivity index (χ3v) is 3.56. The number of rotatable bonds is 4. The number of para-hydroxylation sites is 1. The van der Waals surface area contributed by atoms with Crippen LogP contribution in [0.1, 0.15) is 10.4 Å². The molecule has 0 aliphatic rings. The largest absolute Gasteiger partial charge is 0.457 e. The lowest BCUT2D eigenvalue weighted by molar-refractivity contribution is 0.102. The molecule has 3 aromatic rings. The molecule has 120 valence electrons. The molecule has 3 aromatic carbocycles. The maximum Gasteiger partial charge on any atom is 0.255 e. The van der Waals surface area contributed by atoms with Crippen molar-refractivity contribution in [3.05, 3.63) is 89.2 Å². The van der Waals surface area contributed by atoms with Crippen molar-refractivity contribution in [3.8, 4) is 11.5 Å². The highest BCUT2D eigenvalue weighted by Gasteiger charge is 2.08. The van der Waals surface area contributed by atoms with Crippen LogP contribution in [-0.2, 0) is 0 Å². The molecule has 0 radical (unpaired) electrons. The SMILES string of the molecule is O=C(Nc1ccc(F)c(Cl)c1)c1ccc(Oc2ccccc2)cc1. The van der Waals surface area contributed by atoms with Crippen LogP contribution in [-0.4, -0.2) is 5.91 Å². The summed E-state index contributed by atoms with van der Waals surface area (Å²) in [6, 6.07) is 20.1.